The number of carbonyl (C=O) groups is 1. The van der Waals surface area contributed by atoms with E-state index in [-0.39, 0.29) is 11.8 Å². The number of amides is 1. The lowest BCUT2D eigenvalue weighted by molar-refractivity contribution is -0.118. The van der Waals surface area contributed by atoms with Gasteiger partial charge in [0.25, 0.3) is 0 Å². The number of benzene rings is 1. The number of carbonyl (C=O) groups excluding carboxylic acids is 1. The molecule has 0 aromatic heterocycles. The predicted molar refractivity (Wildman–Crippen MR) is 106 cm³/mol. The second-order valence-corrected chi connectivity index (χ2v) is 8.19. The molecule has 0 aliphatic heterocycles. The summed E-state index contributed by atoms with van der Waals surface area (Å²) in [6.07, 6.45) is 13.5. The van der Waals surface area contributed by atoms with Gasteiger partial charge < -0.3 is 10.2 Å². The Morgan fingerprint density at radius 2 is 1.52 bits per heavy atom. The highest BCUT2D eigenvalue weighted by Gasteiger charge is 2.29. The van der Waals surface area contributed by atoms with Crippen molar-refractivity contribution in [3.05, 3.63) is 24.3 Å². The molecular weight excluding hydrogens is 308 g/mol. The Bertz CT molecular complexity index is 539. The fraction of sp³-hybridized carbons (Fsp3) is 0.682. The first-order chi connectivity index (χ1) is 12.1. The minimum atomic E-state index is 0.0106. The third-order valence-electron chi connectivity index (χ3n) is 5.87. The van der Waals surface area contributed by atoms with Crippen LogP contribution in [-0.4, -0.2) is 18.0 Å². The van der Waals surface area contributed by atoms with Crippen molar-refractivity contribution in [2.75, 3.05) is 10.2 Å². The lowest BCUT2D eigenvalue weighted by Gasteiger charge is -2.43. The van der Waals surface area contributed by atoms with E-state index in [1.807, 2.05) is 19.9 Å². The summed E-state index contributed by atoms with van der Waals surface area (Å²) in [6, 6.07) is 9.91. The van der Waals surface area contributed by atoms with Crippen LogP contribution in [0.5, 0.6) is 0 Å². The average molecular weight is 343 g/mol. The van der Waals surface area contributed by atoms with E-state index in [0.29, 0.717) is 12.1 Å². The number of anilines is 2. The Hall–Kier alpha value is -1.51. The van der Waals surface area contributed by atoms with E-state index in [9.17, 15) is 4.79 Å². The lowest BCUT2D eigenvalue weighted by Crippen LogP contribution is -2.45. The first kappa shape index (κ1) is 18.3. The average Bonchev–Trinajstić information content (AvgIpc) is 2.64. The molecule has 1 N–H and O–H groups in total. The van der Waals surface area contributed by atoms with Crippen LogP contribution in [0, 0.1) is 5.92 Å². The molecule has 0 atom stereocenters. The molecule has 3 heteroatoms. The molecule has 25 heavy (non-hydrogen) atoms. The van der Waals surface area contributed by atoms with Crippen molar-refractivity contribution in [2.24, 2.45) is 5.92 Å². The summed E-state index contributed by atoms with van der Waals surface area (Å²) in [5.41, 5.74) is 2.24. The van der Waals surface area contributed by atoms with Crippen molar-refractivity contribution in [1.82, 2.24) is 0 Å². The van der Waals surface area contributed by atoms with Crippen LogP contribution in [0.3, 0.4) is 0 Å². The second-order valence-electron chi connectivity index (χ2n) is 8.19. The molecule has 2 fully saturated rings. The topological polar surface area (TPSA) is 32.3 Å². The van der Waals surface area contributed by atoms with Crippen molar-refractivity contribution < 1.29 is 4.79 Å². The SMILES string of the molecule is CC(C)C(=O)Nc1cccc(N(C2CCCCC2)C2CCCCC2)c1. The summed E-state index contributed by atoms with van der Waals surface area (Å²) in [5, 5.41) is 3.08. The van der Waals surface area contributed by atoms with Crippen LogP contribution < -0.4 is 10.2 Å². The molecule has 138 valence electrons. The molecule has 2 aliphatic carbocycles. The van der Waals surface area contributed by atoms with Gasteiger partial charge in [-0.2, -0.15) is 0 Å². The van der Waals surface area contributed by atoms with E-state index in [0.717, 1.165) is 5.69 Å². The summed E-state index contributed by atoms with van der Waals surface area (Å²) in [6.45, 7) is 3.88. The molecule has 0 spiro atoms. The summed E-state index contributed by atoms with van der Waals surface area (Å²) >= 11 is 0. The fourth-order valence-electron chi connectivity index (χ4n) is 4.47. The highest BCUT2D eigenvalue weighted by molar-refractivity contribution is 5.92. The quantitative estimate of drug-likeness (QED) is 0.738. The smallest absolute Gasteiger partial charge is 0.226 e. The normalized spacial score (nSPS) is 19.8. The highest BCUT2D eigenvalue weighted by Crippen LogP contribution is 2.35. The summed E-state index contributed by atoms with van der Waals surface area (Å²) in [5.74, 6) is 0.107. The monoisotopic (exact) mass is 342 g/mol. The zero-order valence-corrected chi connectivity index (χ0v) is 16.0. The van der Waals surface area contributed by atoms with Crippen molar-refractivity contribution in [3.8, 4) is 0 Å². The van der Waals surface area contributed by atoms with Crippen LogP contribution in [0.15, 0.2) is 24.3 Å². The molecule has 0 bridgehead atoms. The molecule has 0 heterocycles. The van der Waals surface area contributed by atoms with Gasteiger partial charge in [-0.25, -0.2) is 0 Å². The van der Waals surface area contributed by atoms with E-state index in [4.69, 9.17) is 0 Å². The van der Waals surface area contributed by atoms with Gasteiger partial charge >= 0.3 is 0 Å². The number of nitrogens with one attached hydrogen (secondary N) is 1. The third-order valence-corrected chi connectivity index (χ3v) is 5.87. The van der Waals surface area contributed by atoms with Gasteiger partial charge in [-0.1, -0.05) is 58.4 Å². The minimum absolute atomic E-state index is 0.0106. The Morgan fingerprint density at radius 1 is 0.960 bits per heavy atom. The lowest BCUT2D eigenvalue weighted by atomic mass is 9.88. The summed E-state index contributed by atoms with van der Waals surface area (Å²) < 4.78 is 0. The predicted octanol–water partition coefficient (Wildman–Crippen LogP) is 5.75. The second kappa shape index (κ2) is 8.73. The van der Waals surface area contributed by atoms with E-state index < -0.39 is 0 Å². The van der Waals surface area contributed by atoms with Gasteiger partial charge in [-0.3, -0.25) is 4.79 Å². The Labute approximate surface area is 153 Å². The van der Waals surface area contributed by atoms with Crippen LogP contribution in [0.2, 0.25) is 0 Å². The molecule has 3 nitrogen and oxygen atoms in total. The summed E-state index contributed by atoms with van der Waals surface area (Å²) in [4.78, 5) is 14.8. The molecule has 2 aliphatic rings. The maximum absolute atomic E-state index is 12.1. The molecular formula is C22H34N2O. The van der Waals surface area contributed by atoms with Crippen LogP contribution in [0.4, 0.5) is 11.4 Å². The molecule has 0 unspecified atom stereocenters. The van der Waals surface area contributed by atoms with Crippen LogP contribution in [0.1, 0.15) is 78.1 Å². The number of rotatable bonds is 5. The van der Waals surface area contributed by atoms with E-state index in [2.05, 4.69) is 28.4 Å². The van der Waals surface area contributed by atoms with Gasteiger partial charge in [-0.05, 0) is 43.9 Å². The van der Waals surface area contributed by atoms with Gasteiger partial charge in [0.1, 0.15) is 0 Å². The van der Waals surface area contributed by atoms with Gasteiger partial charge in [0, 0.05) is 29.4 Å². The van der Waals surface area contributed by atoms with Crippen LogP contribution >= 0.6 is 0 Å². The molecule has 1 aromatic carbocycles. The third kappa shape index (κ3) is 4.77. The maximum atomic E-state index is 12.1. The Morgan fingerprint density at radius 3 is 2.04 bits per heavy atom. The first-order valence-electron chi connectivity index (χ1n) is 10.3. The van der Waals surface area contributed by atoms with Crippen molar-refractivity contribution >= 4 is 17.3 Å². The van der Waals surface area contributed by atoms with E-state index in [1.165, 1.54) is 69.9 Å². The van der Waals surface area contributed by atoms with Crippen LogP contribution in [-0.2, 0) is 4.79 Å². The van der Waals surface area contributed by atoms with Crippen molar-refractivity contribution in [2.45, 2.75) is 90.1 Å². The maximum Gasteiger partial charge on any atom is 0.226 e. The zero-order valence-electron chi connectivity index (χ0n) is 16.0. The molecule has 0 saturated heterocycles. The summed E-state index contributed by atoms with van der Waals surface area (Å²) in [7, 11) is 0. The molecule has 1 amide bonds. The molecule has 1 aromatic rings. The molecule has 0 radical (unpaired) electrons. The van der Waals surface area contributed by atoms with Gasteiger partial charge in [0.15, 0.2) is 0 Å². The number of hydrogen-bond acceptors (Lipinski definition) is 2. The zero-order chi connectivity index (χ0) is 17.6. The number of hydrogen-bond donors (Lipinski definition) is 1. The van der Waals surface area contributed by atoms with Crippen molar-refractivity contribution in [1.29, 1.82) is 0 Å². The van der Waals surface area contributed by atoms with E-state index >= 15 is 0 Å². The minimum Gasteiger partial charge on any atom is -0.366 e. The Balaban J connectivity index is 1.82. The van der Waals surface area contributed by atoms with Gasteiger partial charge in [-0.15, -0.1) is 0 Å². The number of nitrogens with zero attached hydrogens (tertiary/aromatic N) is 1. The highest BCUT2D eigenvalue weighted by atomic mass is 16.1. The first-order valence-corrected chi connectivity index (χ1v) is 10.3. The standard InChI is InChI=1S/C22H34N2O/c1-17(2)22(25)23-18-10-9-15-21(16-18)24(19-11-5-3-6-12-19)20-13-7-4-8-14-20/h9-10,15-17,19-20H,3-8,11-14H2,1-2H3,(H,23,25). The molecule has 3 rings (SSSR count). The van der Waals surface area contributed by atoms with Gasteiger partial charge in [0.05, 0.1) is 0 Å². The largest absolute Gasteiger partial charge is 0.366 e. The van der Waals surface area contributed by atoms with Gasteiger partial charge in [0.2, 0.25) is 5.91 Å². The Kier molecular flexibility index (Phi) is 6.39. The van der Waals surface area contributed by atoms with Crippen LogP contribution in [0.25, 0.3) is 0 Å². The fourth-order valence-corrected chi connectivity index (χ4v) is 4.47. The van der Waals surface area contributed by atoms with Crippen molar-refractivity contribution in [3.63, 3.8) is 0 Å². The van der Waals surface area contributed by atoms with E-state index in [1.54, 1.807) is 0 Å². The molecule has 2 saturated carbocycles.